The molecule has 28 heavy (non-hydrogen) atoms. The Labute approximate surface area is 165 Å². The number of rotatable bonds is 2. The highest BCUT2D eigenvalue weighted by Gasteiger charge is 2.49. The maximum atomic E-state index is 14.7. The SMILES string of the molecule is C=C1C[C@H]2CSC(NC(=O)c3ccccc3)=N[C@@]2(c2ccc(F)cc2F)CO1. The molecule has 0 saturated carbocycles. The number of thioether (sulfide) groups is 1. The van der Waals surface area contributed by atoms with Gasteiger partial charge in [-0.15, -0.1) is 0 Å². The minimum Gasteiger partial charge on any atom is -0.496 e. The number of halogens is 2. The van der Waals surface area contributed by atoms with Gasteiger partial charge >= 0.3 is 0 Å². The molecule has 4 nitrogen and oxygen atoms in total. The largest absolute Gasteiger partial charge is 0.496 e. The molecule has 1 saturated heterocycles. The van der Waals surface area contributed by atoms with Gasteiger partial charge in [-0.1, -0.05) is 42.6 Å². The van der Waals surface area contributed by atoms with E-state index >= 15 is 0 Å². The molecule has 0 unspecified atom stereocenters. The quantitative estimate of drug-likeness (QED) is 0.820. The van der Waals surface area contributed by atoms with E-state index in [4.69, 9.17) is 9.73 Å². The number of nitrogens with one attached hydrogen (secondary N) is 1. The van der Waals surface area contributed by atoms with Crippen LogP contribution in [0.15, 0.2) is 65.9 Å². The summed E-state index contributed by atoms with van der Waals surface area (Å²) in [5.74, 6) is -0.465. The Morgan fingerprint density at radius 1 is 1.25 bits per heavy atom. The standard InChI is InChI=1S/C21H18F2N2O2S/c1-13-9-15-11-28-20(24-19(26)14-5-3-2-4-6-14)25-21(15,12-27-13)17-8-7-16(22)10-18(17)23/h2-8,10,15H,1,9,11-12H2,(H,24,25,26)/t15-,21-/m0/s1. The van der Waals surface area contributed by atoms with E-state index < -0.39 is 17.2 Å². The van der Waals surface area contributed by atoms with Crippen molar-refractivity contribution in [1.29, 1.82) is 0 Å². The van der Waals surface area contributed by atoms with Crippen molar-refractivity contribution in [3.63, 3.8) is 0 Å². The van der Waals surface area contributed by atoms with Crippen molar-refractivity contribution in [3.05, 3.63) is 83.6 Å². The second-order valence-corrected chi connectivity index (χ2v) is 7.83. The summed E-state index contributed by atoms with van der Waals surface area (Å²) >= 11 is 1.40. The van der Waals surface area contributed by atoms with Crippen molar-refractivity contribution in [3.8, 4) is 0 Å². The fraction of sp³-hybridized carbons (Fsp3) is 0.238. The Morgan fingerprint density at radius 3 is 2.79 bits per heavy atom. The zero-order valence-corrected chi connectivity index (χ0v) is 15.8. The van der Waals surface area contributed by atoms with Crippen molar-refractivity contribution >= 4 is 22.8 Å². The summed E-state index contributed by atoms with van der Waals surface area (Å²) in [4.78, 5) is 17.2. The summed E-state index contributed by atoms with van der Waals surface area (Å²) in [6.45, 7) is 3.96. The van der Waals surface area contributed by atoms with Crippen LogP contribution >= 0.6 is 11.8 Å². The number of benzene rings is 2. The van der Waals surface area contributed by atoms with E-state index in [1.807, 2.05) is 6.07 Å². The molecule has 2 atom stereocenters. The molecule has 1 fully saturated rings. The molecule has 1 N–H and O–H groups in total. The first-order valence-electron chi connectivity index (χ1n) is 8.83. The minimum atomic E-state index is -1.04. The number of ether oxygens (including phenoxy) is 1. The Bertz CT molecular complexity index is 964. The van der Waals surface area contributed by atoms with E-state index in [0.29, 0.717) is 28.7 Å². The van der Waals surface area contributed by atoms with E-state index in [0.717, 1.165) is 6.07 Å². The third-order valence-electron chi connectivity index (χ3n) is 5.02. The van der Waals surface area contributed by atoms with Gasteiger partial charge in [0.05, 0.1) is 5.76 Å². The van der Waals surface area contributed by atoms with E-state index in [9.17, 15) is 13.6 Å². The lowest BCUT2D eigenvalue weighted by Crippen LogP contribution is -2.48. The van der Waals surface area contributed by atoms with Gasteiger partial charge in [0.25, 0.3) is 5.91 Å². The molecule has 2 aromatic carbocycles. The third kappa shape index (κ3) is 3.42. The molecule has 144 valence electrons. The molecule has 0 radical (unpaired) electrons. The summed E-state index contributed by atoms with van der Waals surface area (Å²) in [7, 11) is 0. The first kappa shape index (κ1) is 18.7. The van der Waals surface area contributed by atoms with Crippen LogP contribution in [-0.4, -0.2) is 23.4 Å². The molecule has 2 aliphatic rings. The number of carbonyl (C=O) groups excluding carboxylic acids is 1. The zero-order chi connectivity index (χ0) is 19.7. The lowest BCUT2D eigenvalue weighted by atomic mass is 9.76. The number of hydrogen-bond donors (Lipinski definition) is 1. The van der Waals surface area contributed by atoms with Gasteiger partial charge in [-0.05, 0) is 18.2 Å². The molecular weight excluding hydrogens is 382 g/mol. The minimum absolute atomic E-state index is 0.0731. The van der Waals surface area contributed by atoms with Gasteiger partial charge in [0.2, 0.25) is 0 Å². The molecule has 2 heterocycles. The molecular formula is C21H18F2N2O2S. The first-order chi connectivity index (χ1) is 13.5. The number of hydrogen-bond acceptors (Lipinski definition) is 4. The number of carbonyl (C=O) groups is 1. The van der Waals surface area contributed by atoms with E-state index in [-0.39, 0.29) is 24.0 Å². The Hall–Kier alpha value is -2.67. The van der Waals surface area contributed by atoms with E-state index in [1.54, 1.807) is 24.3 Å². The smallest absolute Gasteiger partial charge is 0.257 e. The summed E-state index contributed by atoms with van der Waals surface area (Å²) < 4.78 is 33.8. The van der Waals surface area contributed by atoms with Gasteiger partial charge in [-0.25, -0.2) is 13.8 Å². The fourth-order valence-electron chi connectivity index (χ4n) is 3.57. The van der Waals surface area contributed by atoms with Crippen LogP contribution in [0.3, 0.4) is 0 Å². The topological polar surface area (TPSA) is 50.7 Å². The second kappa shape index (κ2) is 7.39. The van der Waals surface area contributed by atoms with Gasteiger partial charge < -0.3 is 10.1 Å². The van der Waals surface area contributed by atoms with Crippen molar-refractivity contribution in [2.45, 2.75) is 12.0 Å². The van der Waals surface area contributed by atoms with Gasteiger partial charge in [-0.3, -0.25) is 4.79 Å². The van der Waals surface area contributed by atoms with E-state index in [2.05, 4.69) is 11.9 Å². The average molecular weight is 400 g/mol. The lowest BCUT2D eigenvalue weighted by Gasteiger charge is -2.44. The van der Waals surface area contributed by atoms with Gasteiger partial charge in [-0.2, -0.15) is 0 Å². The van der Waals surface area contributed by atoms with Gasteiger partial charge in [0.15, 0.2) is 5.17 Å². The van der Waals surface area contributed by atoms with Crippen LogP contribution < -0.4 is 5.32 Å². The maximum absolute atomic E-state index is 14.7. The number of aliphatic imine (C=N–C) groups is 1. The van der Waals surface area contributed by atoms with Crippen LogP contribution in [0.4, 0.5) is 8.78 Å². The molecule has 0 aromatic heterocycles. The van der Waals surface area contributed by atoms with Crippen LogP contribution in [0.25, 0.3) is 0 Å². The first-order valence-corrected chi connectivity index (χ1v) is 9.82. The molecule has 7 heteroatoms. The highest BCUT2D eigenvalue weighted by atomic mass is 32.2. The number of allylic oxidation sites excluding steroid dienone is 1. The van der Waals surface area contributed by atoms with Crippen LogP contribution in [-0.2, 0) is 10.3 Å². The highest BCUT2D eigenvalue weighted by molar-refractivity contribution is 8.13. The molecule has 2 aliphatic heterocycles. The number of fused-ring (bicyclic) bond motifs is 1. The lowest BCUT2D eigenvalue weighted by molar-refractivity contribution is 0.0542. The zero-order valence-electron chi connectivity index (χ0n) is 15.0. The predicted octanol–water partition coefficient (Wildman–Crippen LogP) is 4.24. The molecule has 0 aliphatic carbocycles. The summed E-state index contributed by atoms with van der Waals surface area (Å²) in [5.41, 5.74) is -0.273. The van der Waals surface area contributed by atoms with Gasteiger partial charge in [0.1, 0.15) is 23.8 Å². The van der Waals surface area contributed by atoms with Crippen LogP contribution in [0.1, 0.15) is 22.3 Å². The molecule has 4 rings (SSSR count). The van der Waals surface area contributed by atoms with Crippen molar-refractivity contribution < 1.29 is 18.3 Å². The summed E-state index contributed by atoms with van der Waals surface area (Å²) in [6, 6.07) is 12.3. The second-order valence-electron chi connectivity index (χ2n) is 6.82. The average Bonchev–Trinajstić information content (AvgIpc) is 2.69. The maximum Gasteiger partial charge on any atom is 0.257 e. The van der Waals surface area contributed by atoms with Crippen molar-refractivity contribution in [2.24, 2.45) is 10.9 Å². The highest BCUT2D eigenvalue weighted by Crippen LogP contribution is 2.47. The Morgan fingerprint density at radius 2 is 2.04 bits per heavy atom. The summed E-state index contributed by atoms with van der Waals surface area (Å²) in [6.07, 6.45) is 0.521. The predicted molar refractivity (Wildman–Crippen MR) is 105 cm³/mol. The molecule has 0 spiro atoms. The fourth-order valence-corrected chi connectivity index (χ4v) is 4.71. The molecule has 0 bridgehead atoms. The Kier molecular flexibility index (Phi) is 4.93. The number of nitrogens with zero attached hydrogens (tertiary/aromatic N) is 1. The van der Waals surface area contributed by atoms with Crippen LogP contribution in [0.5, 0.6) is 0 Å². The Balaban J connectivity index is 1.72. The normalized spacial score (nSPS) is 24.0. The van der Waals surface area contributed by atoms with Crippen molar-refractivity contribution in [1.82, 2.24) is 5.32 Å². The molecule has 2 aromatic rings. The summed E-state index contributed by atoms with van der Waals surface area (Å²) in [5, 5.41) is 3.20. The monoisotopic (exact) mass is 400 g/mol. The van der Waals surface area contributed by atoms with Gasteiger partial charge in [0, 0.05) is 35.3 Å². The van der Waals surface area contributed by atoms with Crippen molar-refractivity contribution in [2.75, 3.05) is 12.4 Å². The third-order valence-corrected chi connectivity index (χ3v) is 6.06. The van der Waals surface area contributed by atoms with Crippen LogP contribution in [0, 0.1) is 17.6 Å². The number of amidine groups is 1. The van der Waals surface area contributed by atoms with E-state index in [1.165, 1.54) is 23.9 Å². The van der Waals surface area contributed by atoms with Crippen LogP contribution in [0.2, 0.25) is 0 Å². The number of amides is 1. The molecule has 1 amide bonds.